The molecule has 0 radical (unpaired) electrons. The van der Waals surface area contributed by atoms with Crippen LogP contribution in [-0.2, 0) is 16.4 Å². The van der Waals surface area contributed by atoms with Crippen molar-refractivity contribution in [2.75, 3.05) is 5.75 Å². The van der Waals surface area contributed by atoms with Crippen LogP contribution in [0.4, 0.5) is 0 Å². The van der Waals surface area contributed by atoms with Gasteiger partial charge in [-0.2, -0.15) is 10.2 Å². The van der Waals surface area contributed by atoms with E-state index >= 15 is 0 Å². The summed E-state index contributed by atoms with van der Waals surface area (Å²) in [5, 5.41) is 13.7. The van der Waals surface area contributed by atoms with E-state index in [1.807, 2.05) is 45.9 Å². The average molecular weight is 481 g/mol. The van der Waals surface area contributed by atoms with Crippen molar-refractivity contribution in [1.82, 2.24) is 14.9 Å². The molecule has 0 bridgehead atoms. The van der Waals surface area contributed by atoms with Gasteiger partial charge in [0.1, 0.15) is 11.8 Å². The Balaban J connectivity index is 1.61. The highest BCUT2D eigenvalue weighted by Crippen LogP contribution is 2.38. The Bertz CT molecular complexity index is 1340. The number of hydrogen-bond acceptors (Lipinski definition) is 7. The lowest BCUT2D eigenvalue weighted by Crippen LogP contribution is -2.31. The number of hydrogen-bond donors (Lipinski definition) is 1. The maximum Gasteiger partial charge on any atom is 0.258 e. The van der Waals surface area contributed by atoms with E-state index in [0.29, 0.717) is 41.4 Å². The molecule has 3 aromatic rings. The van der Waals surface area contributed by atoms with Crippen molar-refractivity contribution >= 4 is 10.0 Å². The molecule has 4 rings (SSSR count). The average Bonchev–Trinajstić information content (AvgIpc) is 3.40. The molecule has 9 heteroatoms. The first kappa shape index (κ1) is 23.9. The Morgan fingerprint density at radius 3 is 2.74 bits per heavy atom. The van der Waals surface area contributed by atoms with E-state index in [-0.39, 0.29) is 23.8 Å². The fourth-order valence-electron chi connectivity index (χ4n) is 4.25. The van der Waals surface area contributed by atoms with Gasteiger partial charge >= 0.3 is 0 Å². The number of sulfonamides is 1. The monoisotopic (exact) mass is 480 g/mol. The van der Waals surface area contributed by atoms with Crippen LogP contribution in [0, 0.1) is 17.2 Å². The van der Waals surface area contributed by atoms with Gasteiger partial charge in [-0.15, -0.1) is 0 Å². The van der Waals surface area contributed by atoms with Crippen molar-refractivity contribution in [3.8, 4) is 34.7 Å². The van der Waals surface area contributed by atoms with Crippen molar-refractivity contribution in [3.63, 3.8) is 0 Å². The maximum absolute atomic E-state index is 12.5. The standard InChI is InChI=1S/C25H28N4O4S/c1-15(2)14-34(30,31)29-22-10-9-19-20(22)6-5-7-21(19)24-27-25(33-28-24)17-8-11-23(32-16(3)4)18(12-17)13-26/h5-8,11-12,15-16,22,29H,9-10,14H2,1-4H3. The molecule has 178 valence electrons. The molecule has 0 saturated carbocycles. The van der Waals surface area contributed by atoms with Crippen LogP contribution >= 0.6 is 0 Å². The molecular weight excluding hydrogens is 452 g/mol. The first-order valence-corrected chi connectivity index (χ1v) is 13.0. The molecule has 1 unspecified atom stereocenters. The van der Waals surface area contributed by atoms with E-state index in [2.05, 4.69) is 20.9 Å². The zero-order chi connectivity index (χ0) is 24.5. The summed E-state index contributed by atoms with van der Waals surface area (Å²) in [6, 6.07) is 12.8. The van der Waals surface area contributed by atoms with Crippen LogP contribution < -0.4 is 9.46 Å². The number of benzene rings is 2. The Morgan fingerprint density at radius 1 is 1.24 bits per heavy atom. The molecule has 34 heavy (non-hydrogen) atoms. The van der Waals surface area contributed by atoms with Crippen LogP contribution in [0.2, 0.25) is 0 Å². The predicted molar refractivity (Wildman–Crippen MR) is 128 cm³/mol. The Labute approximate surface area is 200 Å². The first-order chi connectivity index (χ1) is 16.2. The predicted octanol–water partition coefficient (Wildman–Crippen LogP) is 4.63. The minimum absolute atomic E-state index is 0.0493. The molecule has 1 heterocycles. The van der Waals surface area contributed by atoms with Gasteiger partial charge in [-0.1, -0.05) is 37.2 Å². The van der Waals surface area contributed by atoms with Gasteiger partial charge in [-0.25, -0.2) is 13.1 Å². The van der Waals surface area contributed by atoms with Gasteiger partial charge in [0, 0.05) is 17.2 Å². The van der Waals surface area contributed by atoms with Crippen molar-refractivity contribution < 1.29 is 17.7 Å². The Hall–Kier alpha value is -3.22. The summed E-state index contributed by atoms with van der Waals surface area (Å²) in [4.78, 5) is 4.57. The van der Waals surface area contributed by atoms with E-state index in [1.165, 1.54) is 0 Å². The molecule has 1 atom stereocenters. The minimum atomic E-state index is -3.37. The second-order valence-corrected chi connectivity index (χ2v) is 11.0. The molecule has 0 fully saturated rings. The summed E-state index contributed by atoms with van der Waals surface area (Å²) in [6.07, 6.45) is 1.34. The summed E-state index contributed by atoms with van der Waals surface area (Å²) in [7, 11) is -3.37. The number of nitrogens with one attached hydrogen (secondary N) is 1. The molecule has 1 aromatic heterocycles. The van der Waals surface area contributed by atoms with Crippen LogP contribution in [0.15, 0.2) is 40.9 Å². The molecule has 0 spiro atoms. The maximum atomic E-state index is 12.5. The Morgan fingerprint density at radius 2 is 2.03 bits per heavy atom. The molecule has 8 nitrogen and oxygen atoms in total. The fraction of sp³-hybridized carbons (Fsp3) is 0.400. The highest BCUT2D eigenvalue weighted by Gasteiger charge is 2.29. The summed E-state index contributed by atoms with van der Waals surface area (Å²) < 4.78 is 39.0. The number of nitriles is 1. The number of rotatable bonds is 8. The molecule has 0 amide bonds. The van der Waals surface area contributed by atoms with Gasteiger partial charge in [0.2, 0.25) is 15.8 Å². The van der Waals surface area contributed by atoms with Gasteiger partial charge in [-0.3, -0.25) is 0 Å². The highest BCUT2D eigenvalue weighted by molar-refractivity contribution is 7.89. The van der Waals surface area contributed by atoms with Gasteiger partial charge in [0.15, 0.2) is 0 Å². The van der Waals surface area contributed by atoms with E-state index in [4.69, 9.17) is 9.26 Å². The number of fused-ring (bicyclic) bond motifs is 1. The van der Waals surface area contributed by atoms with Crippen molar-refractivity contribution in [1.29, 1.82) is 5.26 Å². The second-order valence-electron chi connectivity index (χ2n) is 9.17. The van der Waals surface area contributed by atoms with E-state index in [1.54, 1.807) is 18.2 Å². The van der Waals surface area contributed by atoms with E-state index in [0.717, 1.165) is 16.7 Å². The third-order valence-corrected chi connectivity index (χ3v) is 7.27. The van der Waals surface area contributed by atoms with Crippen LogP contribution in [0.3, 0.4) is 0 Å². The topological polar surface area (TPSA) is 118 Å². The lowest BCUT2D eigenvalue weighted by atomic mass is 10.0. The molecule has 0 aliphatic heterocycles. The van der Waals surface area contributed by atoms with Gasteiger partial charge in [-0.05, 0) is 61.9 Å². The smallest absolute Gasteiger partial charge is 0.258 e. The quantitative estimate of drug-likeness (QED) is 0.499. The normalized spacial score (nSPS) is 15.5. The summed E-state index contributed by atoms with van der Waals surface area (Å²) in [5.41, 5.74) is 3.79. The van der Waals surface area contributed by atoms with Crippen molar-refractivity contribution in [2.24, 2.45) is 5.92 Å². The largest absolute Gasteiger partial charge is 0.490 e. The molecular formula is C25H28N4O4S. The lowest BCUT2D eigenvalue weighted by molar-refractivity contribution is 0.241. The summed E-state index contributed by atoms with van der Waals surface area (Å²) in [6.45, 7) is 7.57. The molecule has 1 aliphatic rings. The van der Waals surface area contributed by atoms with Crippen LogP contribution in [-0.4, -0.2) is 30.4 Å². The SMILES string of the molecule is CC(C)CS(=O)(=O)NC1CCc2c(-c3noc(-c4ccc(OC(C)C)c(C#N)c4)n3)cccc21. The van der Waals surface area contributed by atoms with Gasteiger partial charge in [0.25, 0.3) is 5.89 Å². The minimum Gasteiger partial charge on any atom is -0.490 e. The van der Waals surface area contributed by atoms with Crippen LogP contribution in [0.5, 0.6) is 5.75 Å². The lowest BCUT2D eigenvalue weighted by Gasteiger charge is -2.16. The molecule has 1 N–H and O–H groups in total. The number of aromatic nitrogens is 2. The first-order valence-electron chi connectivity index (χ1n) is 11.3. The third kappa shape index (κ3) is 5.13. The summed E-state index contributed by atoms with van der Waals surface area (Å²) in [5.74, 6) is 1.38. The van der Waals surface area contributed by atoms with E-state index in [9.17, 15) is 13.7 Å². The Kier molecular flexibility index (Phi) is 6.73. The molecule has 0 saturated heterocycles. The highest BCUT2D eigenvalue weighted by atomic mass is 32.2. The zero-order valence-electron chi connectivity index (χ0n) is 19.7. The van der Waals surface area contributed by atoms with Gasteiger partial charge in [0.05, 0.1) is 17.4 Å². The van der Waals surface area contributed by atoms with Crippen molar-refractivity contribution in [3.05, 3.63) is 53.1 Å². The van der Waals surface area contributed by atoms with Gasteiger partial charge < -0.3 is 9.26 Å². The zero-order valence-corrected chi connectivity index (χ0v) is 20.5. The third-order valence-electron chi connectivity index (χ3n) is 5.52. The summed E-state index contributed by atoms with van der Waals surface area (Å²) >= 11 is 0. The molecule has 2 aromatic carbocycles. The second kappa shape index (κ2) is 9.57. The fourth-order valence-corrected chi connectivity index (χ4v) is 5.90. The van der Waals surface area contributed by atoms with Crippen LogP contribution in [0.1, 0.15) is 56.8 Å². The van der Waals surface area contributed by atoms with Crippen molar-refractivity contribution in [2.45, 2.75) is 52.7 Å². The molecule has 1 aliphatic carbocycles. The van der Waals surface area contributed by atoms with E-state index < -0.39 is 10.0 Å². The number of nitrogens with zero attached hydrogens (tertiary/aromatic N) is 3. The number of ether oxygens (including phenoxy) is 1. The van der Waals surface area contributed by atoms with Crippen LogP contribution in [0.25, 0.3) is 22.8 Å².